The van der Waals surface area contributed by atoms with E-state index >= 15 is 0 Å². The minimum absolute atomic E-state index is 0.344. The summed E-state index contributed by atoms with van der Waals surface area (Å²) in [7, 11) is 0. The minimum atomic E-state index is -0.918. The number of aromatic amines is 2. The van der Waals surface area contributed by atoms with E-state index in [0.717, 1.165) is 16.6 Å². The number of nitrogens with zero attached hydrogens (tertiary/aromatic N) is 1. The first kappa shape index (κ1) is 15.3. The van der Waals surface area contributed by atoms with E-state index in [4.69, 9.17) is 0 Å². The van der Waals surface area contributed by atoms with Gasteiger partial charge in [0.05, 0.1) is 5.69 Å². The maximum absolute atomic E-state index is 12.4. The van der Waals surface area contributed by atoms with Crippen molar-refractivity contribution in [2.24, 2.45) is 0 Å². The number of H-pyrrole nitrogens is 2. The van der Waals surface area contributed by atoms with Crippen LogP contribution in [0.15, 0.2) is 39.4 Å². The molecule has 2 heterocycles. The lowest BCUT2D eigenvalue weighted by molar-refractivity contribution is -0.117. The fourth-order valence-electron chi connectivity index (χ4n) is 2.20. The molecule has 4 N–H and O–H groups in total. The van der Waals surface area contributed by atoms with E-state index < -0.39 is 28.9 Å². The smallest absolute Gasteiger partial charge is 0.328 e. The van der Waals surface area contributed by atoms with Crippen LogP contribution in [0.4, 0.5) is 5.69 Å². The number of nitrogens with one attached hydrogen (secondary N) is 3. The van der Waals surface area contributed by atoms with Crippen molar-refractivity contribution >= 4 is 23.6 Å². The molecule has 0 spiro atoms. The lowest BCUT2D eigenvalue weighted by Crippen LogP contribution is -2.35. The summed E-state index contributed by atoms with van der Waals surface area (Å²) < 4.78 is 0. The van der Waals surface area contributed by atoms with Crippen molar-refractivity contribution in [1.82, 2.24) is 15.4 Å². The van der Waals surface area contributed by atoms with E-state index in [-0.39, 0.29) is 11.1 Å². The Kier molecular flexibility index (Phi) is 3.53. The summed E-state index contributed by atoms with van der Waals surface area (Å²) in [5, 5.41) is 10.7. The number of anilines is 1. The highest BCUT2D eigenvalue weighted by Crippen LogP contribution is 2.22. The first-order chi connectivity index (χ1) is 11.4. The van der Waals surface area contributed by atoms with E-state index in [0.29, 0.717) is 5.69 Å². The zero-order valence-corrected chi connectivity index (χ0v) is 12.4. The van der Waals surface area contributed by atoms with E-state index in [1.807, 2.05) is 16.9 Å². The largest absolute Gasteiger partial charge is 0.494 e. The topological polar surface area (TPSA) is 135 Å². The summed E-state index contributed by atoms with van der Waals surface area (Å²) in [4.78, 5) is 51.1. The van der Waals surface area contributed by atoms with Gasteiger partial charge in [0.2, 0.25) is 5.88 Å². The van der Waals surface area contributed by atoms with Crippen LogP contribution in [0.2, 0.25) is 0 Å². The number of aromatic nitrogens is 2. The molecule has 1 aromatic carbocycles. The molecule has 24 heavy (non-hydrogen) atoms. The number of aromatic hydroxyl groups is 1. The molecule has 0 atom stereocenters. The van der Waals surface area contributed by atoms with Gasteiger partial charge in [-0.2, -0.15) is 0 Å². The molecule has 2 amide bonds. The Labute approximate surface area is 134 Å². The minimum Gasteiger partial charge on any atom is -0.494 e. The number of rotatable bonds is 2. The summed E-state index contributed by atoms with van der Waals surface area (Å²) in [6, 6.07) is 6.85. The van der Waals surface area contributed by atoms with Gasteiger partial charge < -0.3 is 5.11 Å². The van der Waals surface area contributed by atoms with Crippen LogP contribution in [0.25, 0.3) is 6.08 Å². The van der Waals surface area contributed by atoms with Crippen LogP contribution in [0.5, 0.6) is 5.88 Å². The highest BCUT2D eigenvalue weighted by atomic mass is 16.3. The summed E-state index contributed by atoms with van der Waals surface area (Å²) in [6.45, 7) is 1.88. The fourth-order valence-corrected chi connectivity index (χ4v) is 2.20. The predicted octanol–water partition coefficient (Wildman–Crippen LogP) is -0.461. The average molecular weight is 328 g/mol. The van der Waals surface area contributed by atoms with E-state index in [1.54, 1.807) is 24.3 Å². The van der Waals surface area contributed by atoms with Crippen LogP contribution in [-0.4, -0.2) is 26.9 Å². The maximum atomic E-state index is 12.4. The molecule has 0 radical (unpaired) electrons. The molecule has 0 saturated carbocycles. The van der Waals surface area contributed by atoms with Crippen molar-refractivity contribution in [3.63, 3.8) is 0 Å². The number of hydrazine groups is 1. The molecule has 9 nitrogen and oxygen atoms in total. The van der Waals surface area contributed by atoms with Gasteiger partial charge in [-0.1, -0.05) is 17.7 Å². The van der Waals surface area contributed by atoms with E-state index in [2.05, 4.69) is 5.43 Å². The third kappa shape index (κ3) is 2.58. The van der Waals surface area contributed by atoms with Crippen molar-refractivity contribution in [1.29, 1.82) is 0 Å². The molecule has 1 aliphatic heterocycles. The van der Waals surface area contributed by atoms with Crippen molar-refractivity contribution in [2.45, 2.75) is 6.92 Å². The van der Waals surface area contributed by atoms with E-state index in [9.17, 15) is 24.3 Å². The number of hydrogen-bond donors (Lipinski definition) is 4. The third-order valence-electron chi connectivity index (χ3n) is 3.43. The first-order valence-corrected chi connectivity index (χ1v) is 6.86. The van der Waals surface area contributed by atoms with Crippen LogP contribution in [0.1, 0.15) is 11.1 Å². The van der Waals surface area contributed by atoms with Gasteiger partial charge >= 0.3 is 5.69 Å². The summed E-state index contributed by atoms with van der Waals surface area (Å²) in [6.07, 6.45) is 0.927. The molecule has 0 unspecified atom stereocenters. The van der Waals surface area contributed by atoms with Gasteiger partial charge in [0.15, 0.2) is 0 Å². The normalized spacial score (nSPS) is 15.9. The maximum Gasteiger partial charge on any atom is 0.328 e. The summed E-state index contributed by atoms with van der Waals surface area (Å²) >= 11 is 0. The van der Waals surface area contributed by atoms with E-state index in [1.165, 1.54) is 0 Å². The molecule has 0 aliphatic carbocycles. The SMILES string of the molecule is Cc1ccc(N2NC(=O)/C(=C/c3c(O)[nH]c(=O)[nH]c3=O)C2=O)cc1. The molecule has 1 saturated heterocycles. The molecule has 122 valence electrons. The van der Waals surface area contributed by atoms with Crippen molar-refractivity contribution in [3.05, 3.63) is 61.8 Å². The Morgan fingerprint density at radius 3 is 2.33 bits per heavy atom. The fraction of sp³-hybridized carbons (Fsp3) is 0.0667. The second-order valence-corrected chi connectivity index (χ2v) is 5.15. The Morgan fingerprint density at radius 1 is 1.04 bits per heavy atom. The van der Waals surface area contributed by atoms with Gasteiger partial charge in [0, 0.05) is 0 Å². The number of carbonyl (C=O) groups is 2. The molecule has 2 aromatic rings. The number of hydrogen-bond acceptors (Lipinski definition) is 5. The second-order valence-electron chi connectivity index (χ2n) is 5.15. The molecular formula is C15H12N4O5. The molecule has 9 heteroatoms. The summed E-state index contributed by atoms with van der Waals surface area (Å²) in [5.41, 5.74) is 1.25. The highest BCUT2D eigenvalue weighted by Gasteiger charge is 2.34. The zero-order chi connectivity index (χ0) is 17.4. The molecule has 0 bridgehead atoms. The Hall–Kier alpha value is -3.62. The van der Waals surface area contributed by atoms with Gasteiger partial charge in [-0.15, -0.1) is 0 Å². The standard InChI is InChI=1S/C15H12N4O5/c1-7-2-4-8(5-3-7)19-14(23)10(13(22)18-19)6-9-11(20)16-15(24)17-12(9)21/h2-6H,1H3,(H,18,22)(H3,16,17,20,21,24)/b10-6-. The zero-order valence-electron chi connectivity index (χ0n) is 12.4. The van der Waals surface area contributed by atoms with Gasteiger partial charge in [-0.05, 0) is 25.1 Å². The lowest BCUT2D eigenvalue weighted by Gasteiger charge is -2.14. The quantitative estimate of drug-likeness (QED) is 0.437. The Bertz CT molecular complexity index is 984. The van der Waals surface area contributed by atoms with Crippen LogP contribution in [-0.2, 0) is 9.59 Å². The average Bonchev–Trinajstić information content (AvgIpc) is 2.79. The van der Waals surface area contributed by atoms with Crippen LogP contribution < -0.4 is 21.7 Å². The monoisotopic (exact) mass is 328 g/mol. The van der Waals surface area contributed by atoms with Crippen molar-refractivity contribution in [3.8, 4) is 5.88 Å². The number of carbonyl (C=O) groups excluding carboxylic acids is 2. The number of amides is 2. The molecule has 3 rings (SSSR count). The highest BCUT2D eigenvalue weighted by molar-refractivity contribution is 6.31. The lowest BCUT2D eigenvalue weighted by atomic mass is 10.1. The van der Waals surface area contributed by atoms with Crippen LogP contribution >= 0.6 is 0 Å². The molecule has 1 aliphatic rings. The van der Waals surface area contributed by atoms with Gasteiger partial charge in [0.1, 0.15) is 11.1 Å². The van der Waals surface area contributed by atoms with Crippen LogP contribution in [0.3, 0.4) is 0 Å². The number of aryl methyl sites for hydroxylation is 1. The molecule has 1 fully saturated rings. The molecule has 1 aromatic heterocycles. The first-order valence-electron chi connectivity index (χ1n) is 6.86. The second kappa shape index (κ2) is 5.54. The van der Waals surface area contributed by atoms with Crippen molar-refractivity contribution < 1.29 is 14.7 Å². The summed E-state index contributed by atoms with van der Waals surface area (Å²) in [5.74, 6) is -2.15. The molecular weight excluding hydrogens is 316 g/mol. The number of benzene rings is 1. The van der Waals surface area contributed by atoms with Crippen molar-refractivity contribution in [2.75, 3.05) is 5.01 Å². The van der Waals surface area contributed by atoms with Gasteiger partial charge in [-0.3, -0.25) is 29.8 Å². The van der Waals surface area contributed by atoms with Gasteiger partial charge in [0.25, 0.3) is 17.4 Å². The Morgan fingerprint density at radius 2 is 1.71 bits per heavy atom. The van der Waals surface area contributed by atoms with Crippen LogP contribution in [0, 0.1) is 6.92 Å². The predicted molar refractivity (Wildman–Crippen MR) is 84.1 cm³/mol. The Balaban J connectivity index is 2.02. The van der Waals surface area contributed by atoms with Gasteiger partial charge in [-0.25, -0.2) is 9.80 Å². The third-order valence-corrected chi connectivity index (χ3v) is 3.43.